The number of urea groups is 1. The summed E-state index contributed by atoms with van der Waals surface area (Å²) in [6.07, 6.45) is 5.21. The number of rotatable bonds is 3. The van der Waals surface area contributed by atoms with E-state index >= 15 is 0 Å². The van der Waals surface area contributed by atoms with Gasteiger partial charge >= 0.3 is 12.0 Å². The quantitative estimate of drug-likeness (QED) is 0.735. The number of carbonyl (C=O) groups is 2. The number of likely N-dealkylation sites (N-methyl/N-ethyl adjacent to an activating group) is 1. The molecule has 0 aromatic rings. The average molecular weight is 226 g/mol. The summed E-state index contributed by atoms with van der Waals surface area (Å²) in [6.45, 7) is 2.99. The molecule has 5 nitrogen and oxygen atoms in total. The van der Waals surface area contributed by atoms with Gasteiger partial charge in [0.15, 0.2) is 0 Å². The van der Waals surface area contributed by atoms with Crippen molar-refractivity contribution in [3.05, 3.63) is 12.2 Å². The maximum atomic E-state index is 12.0. The topological polar surface area (TPSA) is 60.9 Å². The van der Waals surface area contributed by atoms with Crippen LogP contribution in [0, 0.1) is 0 Å². The van der Waals surface area contributed by atoms with Crippen LogP contribution in [0.4, 0.5) is 4.79 Å². The minimum absolute atomic E-state index is 0.210. The highest BCUT2D eigenvalue weighted by molar-refractivity contribution is 5.82. The van der Waals surface area contributed by atoms with Crippen molar-refractivity contribution in [2.75, 3.05) is 20.1 Å². The van der Waals surface area contributed by atoms with Crippen LogP contribution in [0.2, 0.25) is 0 Å². The second-order valence-corrected chi connectivity index (χ2v) is 3.86. The van der Waals surface area contributed by atoms with Gasteiger partial charge in [0.05, 0.1) is 0 Å². The van der Waals surface area contributed by atoms with Gasteiger partial charge < -0.3 is 14.9 Å². The lowest BCUT2D eigenvalue weighted by Crippen LogP contribution is -2.49. The van der Waals surface area contributed by atoms with E-state index in [1.54, 1.807) is 18.9 Å². The van der Waals surface area contributed by atoms with E-state index in [1.165, 1.54) is 4.90 Å². The molecule has 1 aliphatic heterocycles. The van der Waals surface area contributed by atoms with Gasteiger partial charge in [-0.15, -0.1) is 0 Å². The summed E-state index contributed by atoms with van der Waals surface area (Å²) in [6, 6.07) is -0.947. The van der Waals surface area contributed by atoms with Crippen molar-refractivity contribution in [2.24, 2.45) is 0 Å². The first kappa shape index (κ1) is 12.5. The molecule has 1 unspecified atom stereocenters. The zero-order valence-corrected chi connectivity index (χ0v) is 9.72. The Balaban J connectivity index is 2.64. The summed E-state index contributed by atoms with van der Waals surface area (Å²) in [5, 5.41) is 8.96. The van der Waals surface area contributed by atoms with Gasteiger partial charge in [-0.1, -0.05) is 19.1 Å². The van der Waals surface area contributed by atoms with Gasteiger partial charge in [-0.05, 0) is 12.8 Å². The van der Waals surface area contributed by atoms with Crippen LogP contribution in [0.3, 0.4) is 0 Å². The number of amides is 2. The third-order valence-electron chi connectivity index (χ3n) is 2.77. The Kier molecular flexibility index (Phi) is 4.34. The number of aliphatic carboxylic acids is 1. The van der Waals surface area contributed by atoms with Crippen LogP contribution in [0.25, 0.3) is 0 Å². The number of hydrogen-bond donors (Lipinski definition) is 1. The zero-order chi connectivity index (χ0) is 12.1. The largest absolute Gasteiger partial charge is 0.480 e. The predicted octanol–water partition coefficient (Wildman–Crippen LogP) is 1.16. The van der Waals surface area contributed by atoms with Crippen molar-refractivity contribution >= 4 is 12.0 Å². The third kappa shape index (κ3) is 2.74. The predicted molar refractivity (Wildman–Crippen MR) is 60.2 cm³/mol. The first-order chi connectivity index (χ1) is 7.57. The highest BCUT2D eigenvalue weighted by Crippen LogP contribution is 2.09. The lowest BCUT2D eigenvalue weighted by molar-refractivity contribution is -0.142. The van der Waals surface area contributed by atoms with Crippen LogP contribution in [0.1, 0.15) is 19.8 Å². The normalized spacial score (nSPS) is 17.0. The molecule has 1 N–H and O–H groups in total. The molecule has 0 aromatic carbocycles. The molecule has 1 aliphatic rings. The van der Waals surface area contributed by atoms with Crippen LogP contribution in [-0.4, -0.2) is 53.1 Å². The van der Waals surface area contributed by atoms with Gasteiger partial charge in [-0.2, -0.15) is 0 Å². The Bertz CT molecular complexity index is 302. The summed E-state index contributed by atoms with van der Waals surface area (Å²) >= 11 is 0. The van der Waals surface area contributed by atoms with E-state index in [0.29, 0.717) is 19.5 Å². The molecule has 0 aromatic heterocycles. The van der Waals surface area contributed by atoms with Crippen LogP contribution in [-0.2, 0) is 4.79 Å². The number of carboxylic acid groups (broad SMARTS) is 1. The monoisotopic (exact) mass is 226 g/mol. The molecule has 5 heteroatoms. The van der Waals surface area contributed by atoms with E-state index < -0.39 is 12.0 Å². The fraction of sp³-hybridized carbons (Fsp3) is 0.636. The van der Waals surface area contributed by atoms with E-state index in [2.05, 4.69) is 0 Å². The lowest BCUT2D eigenvalue weighted by atomic mass is 10.2. The lowest BCUT2D eigenvalue weighted by Gasteiger charge is -2.31. The van der Waals surface area contributed by atoms with Crippen LogP contribution >= 0.6 is 0 Å². The van der Waals surface area contributed by atoms with Gasteiger partial charge in [0.25, 0.3) is 0 Å². The Morgan fingerprint density at radius 3 is 2.62 bits per heavy atom. The molecular formula is C11H18N2O3. The number of carbonyl (C=O) groups excluding carboxylic acids is 1. The van der Waals surface area contributed by atoms with Gasteiger partial charge in [-0.25, -0.2) is 9.59 Å². The fourth-order valence-corrected chi connectivity index (χ4v) is 1.79. The molecule has 2 amide bonds. The Hall–Kier alpha value is -1.52. The molecule has 0 fully saturated rings. The van der Waals surface area contributed by atoms with Gasteiger partial charge in [0.2, 0.25) is 0 Å². The van der Waals surface area contributed by atoms with E-state index in [9.17, 15) is 9.59 Å². The summed E-state index contributed by atoms with van der Waals surface area (Å²) in [5.74, 6) is -0.953. The van der Waals surface area contributed by atoms with Crippen molar-refractivity contribution in [3.8, 4) is 0 Å². The van der Waals surface area contributed by atoms with E-state index in [-0.39, 0.29) is 6.03 Å². The molecule has 0 saturated carbocycles. The molecule has 16 heavy (non-hydrogen) atoms. The van der Waals surface area contributed by atoms with E-state index in [1.807, 2.05) is 12.2 Å². The first-order valence-corrected chi connectivity index (χ1v) is 5.47. The van der Waals surface area contributed by atoms with Crippen molar-refractivity contribution in [1.82, 2.24) is 9.80 Å². The highest BCUT2D eigenvalue weighted by atomic mass is 16.4. The van der Waals surface area contributed by atoms with Crippen molar-refractivity contribution in [3.63, 3.8) is 0 Å². The van der Waals surface area contributed by atoms with Crippen LogP contribution in [0.5, 0.6) is 0 Å². The zero-order valence-electron chi connectivity index (χ0n) is 9.72. The minimum atomic E-state index is -0.953. The summed E-state index contributed by atoms with van der Waals surface area (Å²) in [5.41, 5.74) is 0. The molecule has 0 saturated heterocycles. The maximum Gasteiger partial charge on any atom is 0.326 e. The standard InChI is InChI=1S/C11H18N2O3/c1-3-9(10(14)15)12(2)11(16)13-7-5-4-6-8-13/h4-5,9H,3,6-8H2,1-2H3,(H,14,15). The molecular weight excluding hydrogens is 208 g/mol. The van der Waals surface area contributed by atoms with Crippen LogP contribution in [0.15, 0.2) is 12.2 Å². The van der Waals surface area contributed by atoms with E-state index in [4.69, 9.17) is 5.11 Å². The van der Waals surface area contributed by atoms with Gasteiger partial charge in [0, 0.05) is 20.1 Å². The molecule has 1 rings (SSSR count). The smallest absolute Gasteiger partial charge is 0.326 e. The van der Waals surface area contributed by atoms with Crippen LogP contribution < -0.4 is 0 Å². The molecule has 0 aliphatic carbocycles. The molecule has 1 atom stereocenters. The summed E-state index contributed by atoms with van der Waals surface area (Å²) in [7, 11) is 1.54. The Morgan fingerprint density at radius 1 is 1.50 bits per heavy atom. The highest BCUT2D eigenvalue weighted by Gasteiger charge is 2.27. The second-order valence-electron chi connectivity index (χ2n) is 3.86. The number of carboxylic acids is 1. The molecule has 1 heterocycles. The van der Waals surface area contributed by atoms with Crippen molar-refractivity contribution < 1.29 is 14.7 Å². The van der Waals surface area contributed by atoms with Gasteiger partial charge in [-0.3, -0.25) is 0 Å². The summed E-state index contributed by atoms with van der Waals surface area (Å²) in [4.78, 5) is 25.9. The SMILES string of the molecule is CCC(C(=O)O)N(C)C(=O)N1CC=CCC1. The fourth-order valence-electron chi connectivity index (χ4n) is 1.79. The minimum Gasteiger partial charge on any atom is -0.480 e. The second kappa shape index (κ2) is 5.53. The average Bonchev–Trinajstić information content (AvgIpc) is 2.29. The molecule has 90 valence electrons. The molecule has 0 radical (unpaired) electrons. The number of nitrogens with zero attached hydrogens (tertiary/aromatic N) is 2. The Labute approximate surface area is 95.3 Å². The number of hydrogen-bond acceptors (Lipinski definition) is 2. The Morgan fingerprint density at radius 2 is 2.19 bits per heavy atom. The third-order valence-corrected chi connectivity index (χ3v) is 2.77. The summed E-state index contributed by atoms with van der Waals surface area (Å²) < 4.78 is 0. The van der Waals surface area contributed by atoms with E-state index in [0.717, 1.165) is 6.42 Å². The van der Waals surface area contributed by atoms with Gasteiger partial charge in [0.1, 0.15) is 6.04 Å². The van der Waals surface area contributed by atoms with Crippen molar-refractivity contribution in [1.29, 1.82) is 0 Å². The molecule has 0 spiro atoms. The van der Waals surface area contributed by atoms with Crippen molar-refractivity contribution in [2.45, 2.75) is 25.8 Å². The maximum absolute atomic E-state index is 12.0. The first-order valence-electron chi connectivity index (χ1n) is 5.47. The molecule has 0 bridgehead atoms.